The van der Waals surface area contributed by atoms with E-state index in [1.165, 1.54) is 6.42 Å². The molecule has 1 aromatic rings. The number of rotatable bonds is 5. The van der Waals surface area contributed by atoms with E-state index in [9.17, 15) is 9.59 Å². The standard InChI is InChI=1S/C12H12BrO3/c1-2-3-4-12(15)16-11-6-5-10(13)7-9(11)8-14/h4-8H,2-3H2,1H3. The average Bonchev–Trinajstić information content (AvgIpc) is 2.28. The van der Waals surface area contributed by atoms with Crippen LogP contribution in [-0.2, 0) is 4.79 Å². The fourth-order valence-corrected chi connectivity index (χ4v) is 1.50. The number of unbranched alkanes of at least 4 members (excludes halogenated alkanes) is 1. The van der Waals surface area contributed by atoms with Crippen LogP contribution in [0.4, 0.5) is 0 Å². The van der Waals surface area contributed by atoms with E-state index < -0.39 is 5.97 Å². The minimum absolute atomic E-state index is 0.288. The summed E-state index contributed by atoms with van der Waals surface area (Å²) in [5.74, 6) is -0.136. The lowest BCUT2D eigenvalue weighted by molar-refractivity contribution is -0.130. The summed E-state index contributed by atoms with van der Waals surface area (Å²) in [6.07, 6.45) is 3.69. The van der Waals surface area contributed by atoms with Crippen molar-refractivity contribution in [3.05, 3.63) is 34.7 Å². The molecule has 0 saturated heterocycles. The SMILES string of the molecule is CCC[CH]C(=O)Oc1ccc(Br)cc1C=O. The highest BCUT2D eigenvalue weighted by Gasteiger charge is 2.09. The molecule has 0 N–H and O–H groups in total. The summed E-state index contributed by atoms with van der Waals surface area (Å²) in [7, 11) is 0. The number of esters is 1. The van der Waals surface area contributed by atoms with E-state index in [1.54, 1.807) is 18.2 Å². The molecule has 0 aliphatic carbocycles. The fraction of sp³-hybridized carbons (Fsp3) is 0.250. The van der Waals surface area contributed by atoms with Crippen molar-refractivity contribution in [1.82, 2.24) is 0 Å². The predicted molar refractivity (Wildman–Crippen MR) is 64.4 cm³/mol. The maximum Gasteiger partial charge on any atom is 0.315 e. The van der Waals surface area contributed by atoms with E-state index in [4.69, 9.17) is 4.74 Å². The maximum atomic E-state index is 11.3. The molecule has 85 valence electrons. The van der Waals surface area contributed by atoms with E-state index >= 15 is 0 Å². The van der Waals surface area contributed by atoms with Crippen LogP contribution in [0.1, 0.15) is 30.1 Å². The monoisotopic (exact) mass is 283 g/mol. The Kier molecular flexibility index (Phi) is 5.19. The predicted octanol–water partition coefficient (Wildman–Crippen LogP) is 3.17. The van der Waals surface area contributed by atoms with Gasteiger partial charge >= 0.3 is 5.97 Å². The third-order valence-corrected chi connectivity index (χ3v) is 2.40. The van der Waals surface area contributed by atoms with Gasteiger partial charge in [0.1, 0.15) is 5.75 Å². The van der Waals surface area contributed by atoms with Crippen molar-refractivity contribution in [2.45, 2.75) is 19.8 Å². The van der Waals surface area contributed by atoms with Gasteiger partial charge in [0.2, 0.25) is 0 Å². The van der Waals surface area contributed by atoms with Gasteiger partial charge < -0.3 is 4.74 Å². The molecule has 0 aliphatic rings. The summed E-state index contributed by atoms with van der Waals surface area (Å²) < 4.78 is 5.82. The molecule has 0 atom stereocenters. The van der Waals surface area contributed by atoms with Gasteiger partial charge in [-0.15, -0.1) is 0 Å². The Balaban J connectivity index is 2.72. The van der Waals surface area contributed by atoms with Gasteiger partial charge in [0.25, 0.3) is 0 Å². The highest BCUT2D eigenvalue weighted by Crippen LogP contribution is 2.22. The van der Waals surface area contributed by atoms with Crippen LogP contribution in [0.15, 0.2) is 22.7 Å². The summed E-state index contributed by atoms with van der Waals surface area (Å²) >= 11 is 3.24. The van der Waals surface area contributed by atoms with Crippen LogP contribution in [0.25, 0.3) is 0 Å². The van der Waals surface area contributed by atoms with E-state index in [0.29, 0.717) is 18.3 Å². The highest BCUT2D eigenvalue weighted by molar-refractivity contribution is 9.10. The smallest absolute Gasteiger partial charge is 0.315 e. The number of hydrogen-bond acceptors (Lipinski definition) is 3. The second kappa shape index (κ2) is 6.43. The van der Waals surface area contributed by atoms with Crippen LogP contribution in [0.5, 0.6) is 5.75 Å². The van der Waals surface area contributed by atoms with Crippen LogP contribution >= 0.6 is 15.9 Å². The first-order chi connectivity index (χ1) is 7.67. The second-order valence-electron chi connectivity index (χ2n) is 3.21. The molecule has 1 radical (unpaired) electrons. The largest absolute Gasteiger partial charge is 0.426 e. The summed E-state index contributed by atoms with van der Waals surface area (Å²) in [4.78, 5) is 22.1. The van der Waals surface area contributed by atoms with Crippen molar-refractivity contribution in [3.8, 4) is 5.75 Å². The zero-order valence-corrected chi connectivity index (χ0v) is 10.5. The molecule has 1 aromatic carbocycles. The molecule has 0 spiro atoms. The first-order valence-corrected chi connectivity index (χ1v) is 5.76. The number of carbonyl (C=O) groups is 2. The van der Waals surface area contributed by atoms with Crippen molar-refractivity contribution in [2.75, 3.05) is 0 Å². The summed E-state index contributed by atoms with van der Waals surface area (Å²) in [6.45, 7) is 1.97. The third kappa shape index (κ3) is 3.77. The molecule has 0 saturated carbocycles. The molecule has 0 heterocycles. The molecule has 0 aromatic heterocycles. The molecule has 3 nitrogen and oxygen atoms in total. The summed E-state index contributed by atoms with van der Waals surface area (Å²) in [5, 5.41) is 0. The molecular formula is C12H12BrO3. The molecule has 0 amide bonds. The molecule has 1 rings (SSSR count). The molecule has 4 heteroatoms. The second-order valence-corrected chi connectivity index (χ2v) is 4.13. The van der Waals surface area contributed by atoms with Gasteiger partial charge in [0.05, 0.1) is 12.0 Å². The lowest BCUT2D eigenvalue weighted by atomic mass is 10.2. The van der Waals surface area contributed by atoms with Gasteiger partial charge in [0.15, 0.2) is 6.29 Å². The quantitative estimate of drug-likeness (QED) is 0.474. The normalized spacial score (nSPS) is 9.88. The van der Waals surface area contributed by atoms with Gasteiger partial charge in [-0.2, -0.15) is 0 Å². The fourth-order valence-electron chi connectivity index (χ4n) is 1.12. The Morgan fingerprint density at radius 1 is 1.50 bits per heavy atom. The Morgan fingerprint density at radius 3 is 2.88 bits per heavy atom. The Bertz CT molecular complexity index is 388. The molecule has 0 unspecified atom stereocenters. The topological polar surface area (TPSA) is 43.4 Å². The lowest BCUT2D eigenvalue weighted by Crippen LogP contribution is -2.09. The van der Waals surface area contributed by atoms with Crippen LogP contribution in [0.2, 0.25) is 0 Å². The number of benzene rings is 1. The number of carbonyl (C=O) groups excluding carboxylic acids is 2. The van der Waals surface area contributed by atoms with Crippen molar-refractivity contribution in [2.24, 2.45) is 0 Å². The van der Waals surface area contributed by atoms with Crippen LogP contribution in [-0.4, -0.2) is 12.3 Å². The molecule has 16 heavy (non-hydrogen) atoms. The number of ether oxygens (including phenoxy) is 1. The highest BCUT2D eigenvalue weighted by atomic mass is 79.9. The van der Waals surface area contributed by atoms with Gasteiger partial charge in [-0.1, -0.05) is 29.3 Å². The molecule has 0 fully saturated rings. The Labute approximate surface area is 103 Å². The summed E-state index contributed by atoms with van der Waals surface area (Å²) in [6, 6.07) is 4.91. The molecule has 0 aliphatic heterocycles. The van der Waals surface area contributed by atoms with Crippen molar-refractivity contribution >= 4 is 28.2 Å². The lowest BCUT2D eigenvalue weighted by Gasteiger charge is -2.06. The van der Waals surface area contributed by atoms with Crippen LogP contribution in [0.3, 0.4) is 0 Å². The summed E-state index contributed by atoms with van der Waals surface area (Å²) in [5.41, 5.74) is 0.354. The van der Waals surface area contributed by atoms with Gasteiger partial charge in [0, 0.05) is 4.47 Å². The zero-order chi connectivity index (χ0) is 12.0. The van der Waals surface area contributed by atoms with Crippen LogP contribution in [0, 0.1) is 6.42 Å². The molecular weight excluding hydrogens is 272 g/mol. The minimum atomic E-state index is -0.424. The van der Waals surface area contributed by atoms with Crippen molar-refractivity contribution < 1.29 is 14.3 Å². The first kappa shape index (κ1) is 12.9. The first-order valence-electron chi connectivity index (χ1n) is 4.97. The van der Waals surface area contributed by atoms with Gasteiger partial charge in [-0.3, -0.25) is 9.59 Å². The van der Waals surface area contributed by atoms with Crippen LogP contribution < -0.4 is 4.74 Å². The Hall–Kier alpha value is -1.16. The minimum Gasteiger partial charge on any atom is -0.426 e. The number of hydrogen-bond donors (Lipinski definition) is 0. The van der Waals surface area contributed by atoms with E-state index in [0.717, 1.165) is 10.9 Å². The van der Waals surface area contributed by atoms with Crippen molar-refractivity contribution in [1.29, 1.82) is 0 Å². The Morgan fingerprint density at radius 2 is 2.25 bits per heavy atom. The zero-order valence-electron chi connectivity index (χ0n) is 8.90. The van der Waals surface area contributed by atoms with Gasteiger partial charge in [-0.25, -0.2) is 0 Å². The van der Waals surface area contributed by atoms with Crippen molar-refractivity contribution in [3.63, 3.8) is 0 Å². The van der Waals surface area contributed by atoms with E-state index in [1.807, 2.05) is 6.92 Å². The average molecular weight is 284 g/mol. The maximum absolute atomic E-state index is 11.3. The van der Waals surface area contributed by atoms with Gasteiger partial charge in [-0.05, 0) is 24.6 Å². The third-order valence-electron chi connectivity index (χ3n) is 1.91. The van der Waals surface area contributed by atoms with E-state index in [-0.39, 0.29) is 5.75 Å². The van der Waals surface area contributed by atoms with E-state index in [2.05, 4.69) is 15.9 Å². The number of halogens is 1. The number of aldehydes is 1. The molecule has 0 bridgehead atoms.